The number of imide groups is 1. The average Bonchev–Trinajstić information content (AvgIpc) is 3.05. The molecule has 3 heterocycles. The lowest BCUT2D eigenvalue weighted by Gasteiger charge is -2.42. The molecule has 1 atom stereocenters. The van der Waals surface area contributed by atoms with Crippen molar-refractivity contribution in [1.29, 1.82) is 0 Å². The van der Waals surface area contributed by atoms with Gasteiger partial charge in [-0.2, -0.15) is 0 Å². The van der Waals surface area contributed by atoms with Crippen LogP contribution in [0.15, 0.2) is 48.8 Å². The Kier molecular flexibility index (Phi) is 5.95. The molecule has 1 aromatic heterocycles. The molecule has 174 valence electrons. The van der Waals surface area contributed by atoms with E-state index in [0.717, 1.165) is 0 Å². The number of pyridine rings is 1. The highest BCUT2D eigenvalue weighted by molar-refractivity contribution is 6.07. The van der Waals surface area contributed by atoms with Crippen LogP contribution in [0.2, 0.25) is 0 Å². The molecule has 4 rings (SSSR count). The van der Waals surface area contributed by atoms with E-state index in [4.69, 9.17) is 0 Å². The third-order valence-electron chi connectivity index (χ3n) is 6.54. The predicted molar refractivity (Wildman–Crippen MR) is 120 cm³/mol. The van der Waals surface area contributed by atoms with Gasteiger partial charge in [-0.25, -0.2) is 9.18 Å². The van der Waals surface area contributed by atoms with Gasteiger partial charge in [0.05, 0.1) is 6.54 Å². The maximum absolute atomic E-state index is 13.8. The molecule has 0 unspecified atom stereocenters. The van der Waals surface area contributed by atoms with Crippen LogP contribution in [0.4, 0.5) is 9.18 Å². The van der Waals surface area contributed by atoms with Crippen molar-refractivity contribution in [3.05, 3.63) is 65.7 Å². The summed E-state index contributed by atoms with van der Waals surface area (Å²) in [5.74, 6) is -0.834. The fourth-order valence-electron chi connectivity index (χ4n) is 4.80. The summed E-state index contributed by atoms with van der Waals surface area (Å²) in [6.45, 7) is 6.77. The second kappa shape index (κ2) is 8.57. The molecule has 1 N–H and O–H groups in total. The minimum atomic E-state index is -1.25. The van der Waals surface area contributed by atoms with Crippen molar-refractivity contribution in [2.75, 3.05) is 13.1 Å². The van der Waals surface area contributed by atoms with E-state index >= 15 is 0 Å². The molecule has 8 heteroatoms. The van der Waals surface area contributed by atoms with Gasteiger partial charge in [0.15, 0.2) is 5.54 Å². The number of carbonyl (C=O) groups excluding carboxylic acids is 3. The van der Waals surface area contributed by atoms with Gasteiger partial charge in [-0.15, -0.1) is 0 Å². The average molecular weight is 453 g/mol. The van der Waals surface area contributed by atoms with Gasteiger partial charge in [0.2, 0.25) is 5.91 Å². The van der Waals surface area contributed by atoms with Gasteiger partial charge in [-0.3, -0.25) is 19.5 Å². The van der Waals surface area contributed by atoms with E-state index in [0.29, 0.717) is 37.1 Å². The normalized spacial score (nSPS) is 21.9. The Morgan fingerprint density at radius 2 is 1.82 bits per heavy atom. The molecular weight excluding hydrogens is 423 g/mol. The lowest BCUT2D eigenvalue weighted by molar-refractivity contribution is -0.142. The molecule has 7 nitrogen and oxygen atoms in total. The summed E-state index contributed by atoms with van der Waals surface area (Å²) in [4.78, 5) is 46.8. The Balaban J connectivity index is 1.63. The van der Waals surface area contributed by atoms with Crippen molar-refractivity contribution in [1.82, 2.24) is 20.1 Å². The van der Waals surface area contributed by atoms with E-state index in [-0.39, 0.29) is 30.1 Å². The molecule has 0 bridgehead atoms. The van der Waals surface area contributed by atoms with Crippen LogP contribution < -0.4 is 5.32 Å². The number of likely N-dealkylation sites (tertiary alicyclic amines) is 1. The van der Waals surface area contributed by atoms with E-state index in [1.165, 1.54) is 17.0 Å². The zero-order valence-corrected chi connectivity index (χ0v) is 19.2. The van der Waals surface area contributed by atoms with Gasteiger partial charge in [-0.1, -0.05) is 39.0 Å². The lowest BCUT2D eigenvalue weighted by atomic mass is 9.73. The monoisotopic (exact) mass is 452 g/mol. The summed E-state index contributed by atoms with van der Waals surface area (Å²) < 4.78 is 13.3. The smallest absolute Gasteiger partial charge is 0.325 e. The van der Waals surface area contributed by atoms with Gasteiger partial charge in [0.25, 0.3) is 5.91 Å². The van der Waals surface area contributed by atoms with Gasteiger partial charge < -0.3 is 10.2 Å². The SMILES string of the molecule is CC(C)(C)C(=O)N1CCC([C@]2(c3cccnc3)NC(=O)N(Cc3ccc(F)cc3)C2=O)CC1. The largest absolute Gasteiger partial charge is 0.342 e. The third-order valence-corrected chi connectivity index (χ3v) is 6.54. The summed E-state index contributed by atoms with van der Waals surface area (Å²) in [7, 11) is 0. The van der Waals surface area contributed by atoms with Crippen molar-refractivity contribution in [2.45, 2.75) is 45.7 Å². The van der Waals surface area contributed by atoms with E-state index in [1.54, 1.807) is 36.7 Å². The number of amides is 4. The lowest BCUT2D eigenvalue weighted by Crippen LogP contribution is -2.55. The molecule has 2 fully saturated rings. The highest BCUT2D eigenvalue weighted by Gasteiger charge is 2.57. The fourth-order valence-corrected chi connectivity index (χ4v) is 4.80. The van der Waals surface area contributed by atoms with Crippen molar-refractivity contribution in [3.63, 3.8) is 0 Å². The minimum Gasteiger partial charge on any atom is -0.342 e. The molecule has 2 aromatic rings. The molecule has 0 radical (unpaired) electrons. The highest BCUT2D eigenvalue weighted by atomic mass is 19.1. The van der Waals surface area contributed by atoms with Crippen LogP contribution in [0.5, 0.6) is 0 Å². The first-order valence-corrected chi connectivity index (χ1v) is 11.2. The summed E-state index contributed by atoms with van der Waals surface area (Å²) in [5, 5.41) is 2.98. The maximum atomic E-state index is 13.8. The molecule has 4 amide bonds. The van der Waals surface area contributed by atoms with Crippen molar-refractivity contribution < 1.29 is 18.8 Å². The number of nitrogens with one attached hydrogen (secondary N) is 1. The van der Waals surface area contributed by atoms with E-state index < -0.39 is 17.0 Å². The predicted octanol–water partition coefficient (Wildman–Crippen LogP) is 3.45. The molecule has 2 saturated heterocycles. The molecule has 0 saturated carbocycles. The molecular formula is C25H29FN4O3. The van der Waals surface area contributed by atoms with Crippen LogP contribution in [0, 0.1) is 17.2 Å². The fraction of sp³-hybridized carbons (Fsp3) is 0.440. The van der Waals surface area contributed by atoms with Gasteiger partial charge in [0, 0.05) is 36.5 Å². The number of hydrogen-bond acceptors (Lipinski definition) is 4. The number of nitrogens with zero attached hydrogens (tertiary/aromatic N) is 3. The van der Waals surface area contributed by atoms with Gasteiger partial charge >= 0.3 is 6.03 Å². The molecule has 0 aliphatic carbocycles. The van der Waals surface area contributed by atoms with Crippen LogP contribution >= 0.6 is 0 Å². The zero-order chi connectivity index (χ0) is 23.8. The van der Waals surface area contributed by atoms with E-state index in [2.05, 4.69) is 10.3 Å². The minimum absolute atomic E-state index is 0.0499. The Labute approximate surface area is 193 Å². The number of rotatable bonds is 4. The highest BCUT2D eigenvalue weighted by Crippen LogP contribution is 2.42. The van der Waals surface area contributed by atoms with Crippen molar-refractivity contribution in [3.8, 4) is 0 Å². The van der Waals surface area contributed by atoms with Crippen LogP contribution in [0.25, 0.3) is 0 Å². The molecule has 2 aliphatic heterocycles. The first-order valence-electron chi connectivity index (χ1n) is 11.2. The first kappa shape index (κ1) is 22.9. The Hall–Kier alpha value is -3.29. The van der Waals surface area contributed by atoms with Crippen LogP contribution in [0.1, 0.15) is 44.7 Å². The van der Waals surface area contributed by atoms with Crippen molar-refractivity contribution >= 4 is 17.8 Å². The molecule has 2 aliphatic rings. The number of benzene rings is 1. The first-order chi connectivity index (χ1) is 15.6. The number of hydrogen-bond donors (Lipinski definition) is 1. The summed E-state index contributed by atoms with van der Waals surface area (Å²) in [6, 6.07) is 8.82. The number of urea groups is 1. The maximum Gasteiger partial charge on any atom is 0.325 e. The third kappa shape index (κ3) is 4.21. The number of halogens is 1. The van der Waals surface area contributed by atoms with E-state index in [1.807, 2.05) is 25.7 Å². The van der Waals surface area contributed by atoms with E-state index in [9.17, 15) is 18.8 Å². The summed E-state index contributed by atoms with van der Waals surface area (Å²) in [5.41, 5.74) is -0.433. The topological polar surface area (TPSA) is 82.6 Å². The molecule has 1 aromatic carbocycles. The zero-order valence-electron chi connectivity index (χ0n) is 19.2. The summed E-state index contributed by atoms with van der Waals surface area (Å²) >= 11 is 0. The molecule has 33 heavy (non-hydrogen) atoms. The summed E-state index contributed by atoms with van der Waals surface area (Å²) in [6.07, 6.45) is 4.39. The van der Waals surface area contributed by atoms with Crippen LogP contribution in [-0.4, -0.2) is 45.7 Å². The quantitative estimate of drug-likeness (QED) is 0.721. The Bertz CT molecular complexity index is 1040. The van der Waals surface area contributed by atoms with Crippen LogP contribution in [0.3, 0.4) is 0 Å². The van der Waals surface area contributed by atoms with Crippen LogP contribution in [-0.2, 0) is 21.7 Å². The number of piperidine rings is 1. The second-order valence-corrected chi connectivity index (χ2v) is 9.81. The second-order valence-electron chi connectivity index (χ2n) is 9.81. The number of aromatic nitrogens is 1. The van der Waals surface area contributed by atoms with Gasteiger partial charge in [0.1, 0.15) is 5.82 Å². The standard InChI is InChI=1S/C25H29FN4O3/c1-24(2,3)21(31)29-13-10-18(11-14-29)25(19-5-4-12-27-15-19)22(32)30(23(33)28-25)16-17-6-8-20(26)9-7-17/h4-9,12,15,18H,10-11,13-14,16H2,1-3H3,(H,28,33)/t25-/m1/s1. The molecule has 0 spiro atoms. The Morgan fingerprint density at radius 3 is 2.39 bits per heavy atom. The number of carbonyl (C=O) groups is 3. The van der Waals surface area contributed by atoms with Crippen molar-refractivity contribution in [2.24, 2.45) is 11.3 Å². The van der Waals surface area contributed by atoms with Gasteiger partial charge in [-0.05, 0) is 42.5 Å². The Morgan fingerprint density at radius 1 is 1.15 bits per heavy atom.